The summed E-state index contributed by atoms with van der Waals surface area (Å²) in [5, 5.41) is 3.04. The second-order valence-electron chi connectivity index (χ2n) is 6.21. The molecule has 2 rings (SSSR count). The number of carbonyl (C=O) groups excluding carboxylic acids is 1. The molecule has 0 spiro atoms. The summed E-state index contributed by atoms with van der Waals surface area (Å²) in [5.74, 6) is 2.26. The Kier molecular flexibility index (Phi) is 6.89. The van der Waals surface area contributed by atoms with Crippen LogP contribution in [0.15, 0.2) is 36.4 Å². The van der Waals surface area contributed by atoms with Crippen LogP contribution in [0.25, 0.3) is 0 Å². The number of nitrogens with one attached hydrogen (secondary N) is 1. The van der Waals surface area contributed by atoms with Crippen LogP contribution < -0.4 is 19.5 Å². The molecule has 2 aromatic carbocycles. The smallest absolute Gasteiger partial charge is 0.220 e. The van der Waals surface area contributed by atoms with Crippen molar-refractivity contribution in [2.75, 3.05) is 21.3 Å². The lowest BCUT2D eigenvalue weighted by Crippen LogP contribution is -2.27. The maximum atomic E-state index is 12.4. The molecule has 1 amide bonds. The summed E-state index contributed by atoms with van der Waals surface area (Å²) in [5.41, 5.74) is 3.05. The van der Waals surface area contributed by atoms with Crippen LogP contribution in [0.2, 0.25) is 0 Å². The molecule has 0 aliphatic carbocycles. The Labute approximate surface area is 155 Å². The lowest BCUT2D eigenvalue weighted by atomic mass is 10.0. The van der Waals surface area contributed by atoms with E-state index in [1.54, 1.807) is 21.3 Å². The van der Waals surface area contributed by atoms with Crippen molar-refractivity contribution in [1.82, 2.24) is 5.32 Å². The Morgan fingerprint density at radius 3 is 2.35 bits per heavy atom. The molecule has 1 N–H and O–H groups in total. The van der Waals surface area contributed by atoms with Crippen LogP contribution >= 0.6 is 0 Å². The van der Waals surface area contributed by atoms with Gasteiger partial charge in [-0.2, -0.15) is 0 Å². The topological polar surface area (TPSA) is 56.8 Å². The molecule has 0 heterocycles. The zero-order valence-corrected chi connectivity index (χ0v) is 16.1. The first kappa shape index (κ1) is 19.6. The third-order valence-corrected chi connectivity index (χ3v) is 4.34. The van der Waals surface area contributed by atoms with Gasteiger partial charge in [0, 0.05) is 12.0 Å². The van der Waals surface area contributed by atoms with Crippen LogP contribution in [0, 0.1) is 6.92 Å². The van der Waals surface area contributed by atoms with Gasteiger partial charge in [0.2, 0.25) is 5.91 Å². The van der Waals surface area contributed by atoms with Gasteiger partial charge < -0.3 is 19.5 Å². The Balaban J connectivity index is 2.02. The van der Waals surface area contributed by atoms with Crippen molar-refractivity contribution in [3.8, 4) is 17.2 Å². The van der Waals surface area contributed by atoms with Crippen molar-refractivity contribution in [3.05, 3.63) is 53.1 Å². The number of rotatable bonds is 8. The molecule has 140 valence electrons. The average molecular weight is 357 g/mol. The first-order chi connectivity index (χ1) is 12.5. The predicted molar refractivity (Wildman–Crippen MR) is 102 cm³/mol. The third kappa shape index (κ3) is 4.91. The second-order valence-corrected chi connectivity index (χ2v) is 6.21. The fraction of sp³-hybridized carbons (Fsp3) is 0.381. The fourth-order valence-electron chi connectivity index (χ4n) is 2.91. The van der Waals surface area contributed by atoms with Gasteiger partial charge in [0.1, 0.15) is 17.2 Å². The highest BCUT2D eigenvalue weighted by Crippen LogP contribution is 2.27. The zero-order valence-electron chi connectivity index (χ0n) is 16.1. The van der Waals surface area contributed by atoms with Crippen molar-refractivity contribution in [2.45, 2.75) is 32.7 Å². The van der Waals surface area contributed by atoms with Gasteiger partial charge in [-0.05, 0) is 50.1 Å². The van der Waals surface area contributed by atoms with Crippen molar-refractivity contribution in [3.63, 3.8) is 0 Å². The Morgan fingerprint density at radius 1 is 1.00 bits per heavy atom. The highest BCUT2D eigenvalue weighted by Gasteiger charge is 2.15. The molecule has 0 radical (unpaired) electrons. The molecule has 1 unspecified atom stereocenters. The van der Waals surface area contributed by atoms with Gasteiger partial charge in [0.05, 0.1) is 27.4 Å². The van der Waals surface area contributed by atoms with E-state index >= 15 is 0 Å². The Morgan fingerprint density at radius 2 is 1.69 bits per heavy atom. The van der Waals surface area contributed by atoms with E-state index < -0.39 is 0 Å². The normalized spacial score (nSPS) is 11.6. The lowest BCUT2D eigenvalue weighted by molar-refractivity contribution is -0.121. The summed E-state index contributed by atoms with van der Waals surface area (Å²) < 4.78 is 16.0. The fourth-order valence-corrected chi connectivity index (χ4v) is 2.91. The number of benzene rings is 2. The molecule has 2 aromatic rings. The summed E-state index contributed by atoms with van der Waals surface area (Å²) >= 11 is 0. The van der Waals surface area contributed by atoms with Gasteiger partial charge >= 0.3 is 0 Å². The van der Waals surface area contributed by atoms with Crippen molar-refractivity contribution in [2.24, 2.45) is 0 Å². The number of hydrogen-bond donors (Lipinski definition) is 1. The second kappa shape index (κ2) is 9.13. The summed E-state index contributed by atoms with van der Waals surface area (Å²) in [4.78, 5) is 12.4. The standard InChI is InChI=1S/C21H27NO4/c1-14-6-9-20(26-5)18(12-14)15(2)22-21(23)11-7-16-13-17(24-3)8-10-19(16)25-4/h6,8-10,12-13,15H,7,11H2,1-5H3,(H,22,23). The van der Waals surface area contributed by atoms with E-state index in [1.165, 1.54) is 0 Å². The molecular formula is C21H27NO4. The van der Waals surface area contributed by atoms with E-state index in [2.05, 4.69) is 5.32 Å². The Bertz CT molecular complexity index is 758. The van der Waals surface area contributed by atoms with Gasteiger partial charge in [-0.1, -0.05) is 17.7 Å². The van der Waals surface area contributed by atoms with E-state index in [0.717, 1.165) is 33.9 Å². The molecule has 1 atom stereocenters. The molecule has 0 saturated carbocycles. The van der Waals surface area contributed by atoms with E-state index in [4.69, 9.17) is 14.2 Å². The summed E-state index contributed by atoms with van der Waals surface area (Å²) in [6.07, 6.45) is 0.936. The number of amides is 1. The molecule has 26 heavy (non-hydrogen) atoms. The van der Waals surface area contributed by atoms with Crippen LogP contribution in [0.4, 0.5) is 0 Å². The van der Waals surface area contributed by atoms with Crippen LogP contribution in [0.5, 0.6) is 17.2 Å². The van der Waals surface area contributed by atoms with Crippen molar-refractivity contribution >= 4 is 5.91 Å². The molecule has 0 aliphatic rings. The molecule has 0 aliphatic heterocycles. The first-order valence-corrected chi connectivity index (χ1v) is 8.63. The number of carbonyl (C=O) groups is 1. The average Bonchev–Trinajstić information content (AvgIpc) is 2.65. The molecule has 5 heteroatoms. The summed E-state index contributed by atoms with van der Waals surface area (Å²) in [6, 6.07) is 11.4. The molecule has 5 nitrogen and oxygen atoms in total. The summed E-state index contributed by atoms with van der Waals surface area (Å²) in [6.45, 7) is 3.98. The maximum Gasteiger partial charge on any atom is 0.220 e. The summed E-state index contributed by atoms with van der Waals surface area (Å²) in [7, 11) is 4.88. The van der Waals surface area contributed by atoms with Gasteiger partial charge in [-0.25, -0.2) is 0 Å². The molecule has 0 saturated heterocycles. The van der Waals surface area contributed by atoms with Crippen molar-refractivity contribution < 1.29 is 19.0 Å². The number of ether oxygens (including phenoxy) is 3. The number of aryl methyl sites for hydroxylation is 2. The highest BCUT2D eigenvalue weighted by atomic mass is 16.5. The van der Waals surface area contributed by atoms with Crippen LogP contribution in [0.3, 0.4) is 0 Å². The van der Waals surface area contributed by atoms with Crippen LogP contribution in [0.1, 0.15) is 36.1 Å². The maximum absolute atomic E-state index is 12.4. The highest BCUT2D eigenvalue weighted by molar-refractivity contribution is 5.77. The minimum Gasteiger partial charge on any atom is -0.497 e. The lowest BCUT2D eigenvalue weighted by Gasteiger charge is -2.18. The van der Waals surface area contributed by atoms with E-state index in [-0.39, 0.29) is 11.9 Å². The molecule has 0 aromatic heterocycles. The molecular weight excluding hydrogens is 330 g/mol. The van der Waals surface area contributed by atoms with Crippen LogP contribution in [-0.2, 0) is 11.2 Å². The van der Waals surface area contributed by atoms with E-state index in [0.29, 0.717) is 12.8 Å². The van der Waals surface area contributed by atoms with Gasteiger partial charge in [0.15, 0.2) is 0 Å². The minimum absolute atomic E-state index is 0.0223. The van der Waals surface area contributed by atoms with Gasteiger partial charge in [0.25, 0.3) is 0 Å². The monoisotopic (exact) mass is 357 g/mol. The first-order valence-electron chi connectivity index (χ1n) is 8.63. The molecule has 0 bridgehead atoms. The SMILES string of the molecule is COc1ccc(OC)c(CCC(=O)NC(C)c2cc(C)ccc2OC)c1. The zero-order chi connectivity index (χ0) is 19.1. The number of methoxy groups -OCH3 is 3. The minimum atomic E-state index is -0.135. The third-order valence-electron chi connectivity index (χ3n) is 4.34. The van der Waals surface area contributed by atoms with Gasteiger partial charge in [-0.15, -0.1) is 0 Å². The van der Waals surface area contributed by atoms with E-state index in [1.807, 2.05) is 50.2 Å². The number of hydrogen-bond acceptors (Lipinski definition) is 4. The van der Waals surface area contributed by atoms with Gasteiger partial charge in [-0.3, -0.25) is 4.79 Å². The molecule has 0 fully saturated rings. The predicted octanol–water partition coefficient (Wildman–Crippen LogP) is 3.83. The van der Waals surface area contributed by atoms with Crippen LogP contribution in [-0.4, -0.2) is 27.2 Å². The quantitative estimate of drug-likeness (QED) is 0.780. The Hall–Kier alpha value is -2.69. The van der Waals surface area contributed by atoms with Crippen molar-refractivity contribution in [1.29, 1.82) is 0 Å². The van der Waals surface area contributed by atoms with E-state index in [9.17, 15) is 4.79 Å². The largest absolute Gasteiger partial charge is 0.497 e.